The van der Waals surface area contributed by atoms with Crippen molar-refractivity contribution in [2.45, 2.75) is 58.9 Å². The van der Waals surface area contributed by atoms with E-state index in [1.54, 1.807) is 0 Å². The van der Waals surface area contributed by atoms with Crippen LogP contribution < -0.4 is 5.32 Å². The van der Waals surface area contributed by atoms with Gasteiger partial charge in [-0.1, -0.05) is 46.0 Å². The zero-order chi connectivity index (χ0) is 13.1. The van der Waals surface area contributed by atoms with Gasteiger partial charge in [-0.05, 0) is 37.6 Å². The Labute approximate surface area is 125 Å². The van der Waals surface area contributed by atoms with Crippen LogP contribution >= 0.6 is 12.4 Å². The van der Waals surface area contributed by atoms with Crippen LogP contribution in [0.1, 0.15) is 52.4 Å². The molecule has 1 aliphatic heterocycles. The first-order chi connectivity index (χ1) is 8.86. The Morgan fingerprint density at radius 3 is 2.16 bits per heavy atom. The number of nitrogens with one attached hydrogen (secondary N) is 1. The molecule has 3 heteroatoms. The third-order valence-corrected chi connectivity index (χ3v) is 3.50. The summed E-state index contributed by atoms with van der Waals surface area (Å²) in [6.45, 7) is 8.06. The van der Waals surface area contributed by atoms with Crippen LogP contribution in [-0.2, 0) is 6.54 Å². The number of unbranched alkanes of at least 4 members (excludes halogenated alkanes) is 4. The monoisotopic (exact) mass is 286 g/mol. The highest BCUT2D eigenvalue weighted by Gasteiger charge is 2.13. The maximum atomic E-state index is 3.37. The van der Waals surface area contributed by atoms with Crippen molar-refractivity contribution >= 4 is 12.4 Å². The van der Waals surface area contributed by atoms with Crippen molar-refractivity contribution in [2.24, 2.45) is 5.92 Å². The van der Waals surface area contributed by atoms with Crippen molar-refractivity contribution in [1.82, 2.24) is 9.88 Å². The van der Waals surface area contributed by atoms with Gasteiger partial charge in [0.25, 0.3) is 0 Å². The fourth-order valence-electron chi connectivity index (χ4n) is 2.34. The van der Waals surface area contributed by atoms with Gasteiger partial charge in [0.2, 0.25) is 0 Å². The van der Waals surface area contributed by atoms with E-state index in [0.717, 1.165) is 5.92 Å². The van der Waals surface area contributed by atoms with E-state index in [4.69, 9.17) is 0 Å². The second kappa shape index (κ2) is 12.6. The summed E-state index contributed by atoms with van der Waals surface area (Å²) in [6.07, 6.45) is 12.6. The van der Waals surface area contributed by atoms with Crippen molar-refractivity contribution in [1.29, 1.82) is 0 Å². The topological polar surface area (TPSA) is 17.0 Å². The van der Waals surface area contributed by atoms with Gasteiger partial charge in [-0.2, -0.15) is 0 Å². The summed E-state index contributed by atoms with van der Waals surface area (Å²) in [6, 6.07) is 4.17. The third kappa shape index (κ3) is 9.12. The van der Waals surface area contributed by atoms with Crippen LogP contribution in [0.4, 0.5) is 0 Å². The molecular weight excluding hydrogens is 256 g/mol. The van der Waals surface area contributed by atoms with Crippen LogP contribution in [0, 0.1) is 5.92 Å². The molecule has 0 aromatic carbocycles. The quantitative estimate of drug-likeness (QED) is 0.762. The maximum Gasteiger partial charge on any atom is 0.0260 e. The van der Waals surface area contributed by atoms with Gasteiger partial charge in [0.05, 0.1) is 0 Å². The molecule has 1 N–H and O–H groups in total. The van der Waals surface area contributed by atoms with E-state index in [1.807, 2.05) is 0 Å². The molecule has 2 heterocycles. The molecule has 0 bridgehead atoms. The van der Waals surface area contributed by atoms with Gasteiger partial charge in [-0.15, -0.1) is 12.4 Å². The molecule has 1 fully saturated rings. The Bertz CT molecular complexity index is 262. The smallest absolute Gasteiger partial charge is 0.0260 e. The molecule has 1 unspecified atom stereocenters. The average Bonchev–Trinajstić information content (AvgIpc) is 3.05. The maximum absolute atomic E-state index is 3.37. The molecule has 0 spiro atoms. The van der Waals surface area contributed by atoms with Crippen molar-refractivity contribution in [3.8, 4) is 0 Å². The van der Waals surface area contributed by atoms with Crippen LogP contribution in [-0.4, -0.2) is 17.7 Å². The number of hydrogen-bond acceptors (Lipinski definition) is 1. The van der Waals surface area contributed by atoms with Gasteiger partial charge in [-0.25, -0.2) is 0 Å². The van der Waals surface area contributed by atoms with Crippen LogP contribution in [0.5, 0.6) is 0 Å². The molecule has 1 atom stereocenters. The van der Waals surface area contributed by atoms with Crippen molar-refractivity contribution in [2.75, 3.05) is 13.1 Å². The average molecular weight is 287 g/mol. The number of halogens is 1. The minimum absolute atomic E-state index is 0. The SMILES string of the molecule is CCCCCCC.Cl.c1ccn(CC2CCNC2)c1. The summed E-state index contributed by atoms with van der Waals surface area (Å²) in [5.74, 6) is 0.849. The second-order valence-corrected chi connectivity index (χ2v) is 5.30. The highest BCUT2D eigenvalue weighted by atomic mass is 35.5. The summed E-state index contributed by atoms with van der Waals surface area (Å²) in [7, 11) is 0. The lowest BCUT2D eigenvalue weighted by Gasteiger charge is -2.08. The minimum Gasteiger partial charge on any atom is -0.354 e. The lowest BCUT2D eigenvalue weighted by Crippen LogP contribution is -2.13. The molecule has 1 aromatic heterocycles. The molecule has 2 nitrogen and oxygen atoms in total. The predicted molar refractivity (Wildman–Crippen MR) is 87.1 cm³/mol. The zero-order valence-corrected chi connectivity index (χ0v) is 13.4. The molecule has 0 saturated carbocycles. The molecule has 0 aliphatic carbocycles. The summed E-state index contributed by atoms with van der Waals surface area (Å²) in [5, 5.41) is 3.37. The van der Waals surface area contributed by atoms with Crippen molar-refractivity contribution in [3.05, 3.63) is 24.5 Å². The standard InChI is InChI=1S/C9H14N2.C7H16.ClH/c1-2-6-11(5-1)8-9-3-4-10-7-9;1-3-5-7-6-4-2;/h1-2,5-6,9-10H,3-4,7-8H2;3-7H2,1-2H3;1H. The third-order valence-electron chi connectivity index (χ3n) is 3.50. The number of nitrogens with zero attached hydrogens (tertiary/aromatic N) is 1. The van der Waals surface area contributed by atoms with Crippen LogP contribution in [0.3, 0.4) is 0 Å². The van der Waals surface area contributed by atoms with Gasteiger partial charge in [-0.3, -0.25) is 0 Å². The second-order valence-electron chi connectivity index (χ2n) is 5.30. The first-order valence-electron chi connectivity index (χ1n) is 7.68. The predicted octanol–water partition coefficient (Wildman–Crippen LogP) is 4.50. The fraction of sp³-hybridized carbons (Fsp3) is 0.750. The number of aromatic nitrogens is 1. The van der Waals surface area contributed by atoms with E-state index in [9.17, 15) is 0 Å². The van der Waals surface area contributed by atoms with Crippen LogP contribution in [0.15, 0.2) is 24.5 Å². The van der Waals surface area contributed by atoms with Gasteiger partial charge < -0.3 is 9.88 Å². The summed E-state index contributed by atoms with van der Waals surface area (Å²) in [5.41, 5.74) is 0. The summed E-state index contributed by atoms with van der Waals surface area (Å²) >= 11 is 0. The van der Waals surface area contributed by atoms with E-state index < -0.39 is 0 Å². The largest absolute Gasteiger partial charge is 0.354 e. The van der Waals surface area contributed by atoms with E-state index in [-0.39, 0.29) is 12.4 Å². The Balaban J connectivity index is 0.000000360. The Morgan fingerprint density at radius 1 is 1.05 bits per heavy atom. The zero-order valence-electron chi connectivity index (χ0n) is 12.6. The normalized spacial score (nSPS) is 17.5. The molecule has 2 rings (SSSR count). The Hall–Kier alpha value is -0.470. The van der Waals surface area contributed by atoms with Crippen molar-refractivity contribution in [3.63, 3.8) is 0 Å². The number of rotatable bonds is 6. The number of hydrogen-bond donors (Lipinski definition) is 1. The van der Waals surface area contributed by atoms with Crippen LogP contribution in [0.25, 0.3) is 0 Å². The van der Waals surface area contributed by atoms with Crippen molar-refractivity contribution < 1.29 is 0 Å². The van der Waals surface area contributed by atoms with E-state index in [0.29, 0.717) is 0 Å². The lowest BCUT2D eigenvalue weighted by atomic mass is 10.1. The molecule has 1 aliphatic rings. The molecule has 112 valence electrons. The highest BCUT2D eigenvalue weighted by molar-refractivity contribution is 5.85. The lowest BCUT2D eigenvalue weighted by molar-refractivity contribution is 0.483. The summed E-state index contributed by atoms with van der Waals surface area (Å²) in [4.78, 5) is 0. The Kier molecular flexibility index (Phi) is 12.2. The molecule has 1 aromatic rings. The van der Waals surface area contributed by atoms with E-state index in [1.165, 1.54) is 58.2 Å². The van der Waals surface area contributed by atoms with Gasteiger partial charge in [0.15, 0.2) is 0 Å². The molecule has 0 radical (unpaired) electrons. The molecular formula is C16H31ClN2. The van der Waals surface area contributed by atoms with Crippen LogP contribution in [0.2, 0.25) is 0 Å². The first kappa shape index (κ1) is 18.5. The molecule has 1 saturated heterocycles. The highest BCUT2D eigenvalue weighted by Crippen LogP contribution is 2.10. The van der Waals surface area contributed by atoms with Gasteiger partial charge in [0, 0.05) is 18.9 Å². The molecule has 0 amide bonds. The van der Waals surface area contributed by atoms with Gasteiger partial charge in [0.1, 0.15) is 0 Å². The fourth-order valence-corrected chi connectivity index (χ4v) is 2.34. The molecule has 19 heavy (non-hydrogen) atoms. The van der Waals surface area contributed by atoms with E-state index in [2.05, 4.69) is 48.3 Å². The summed E-state index contributed by atoms with van der Waals surface area (Å²) < 4.78 is 2.26. The minimum atomic E-state index is 0. The van der Waals surface area contributed by atoms with E-state index >= 15 is 0 Å². The Morgan fingerprint density at radius 2 is 1.68 bits per heavy atom. The first-order valence-corrected chi connectivity index (χ1v) is 7.68. The van der Waals surface area contributed by atoms with Gasteiger partial charge >= 0.3 is 0 Å².